The number of carbonyl (C=O) groups is 1. The smallest absolute Gasteiger partial charge is 0.378 e. The van der Waals surface area contributed by atoms with Crippen molar-refractivity contribution in [3.8, 4) is 5.75 Å². The van der Waals surface area contributed by atoms with Gasteiger partial charge in [0.2, 0.25) is 0 Å². The number of aryl methyl sites for hydroxylation is 1. The fourth-order valence-electron chi connectivity index (χ4n) is 2.60. The highest BCUT2D eigenvalue weighted by molar-refractivity contribution is 7.88. The first-order valence-electron chi connectivity index (χ1n) is 7.88. The maximum atomic E-state index is 12.7. The summed E-state index contributed by atoms with van der Waals surface area (Å²) in [6.45, 7) is 2.91. The van der Waals surface area contributed by atoms with Gasteiger partial charge >= 0.3 is 15.6 Å². The Morgan fingerprint density at radius 1 is 1.22 bits per heavy atom. The first kappa shape index (κ1) is 19.4. The maximum absolute atomic E-state index is 12.7. The third-order valence-electron chi connectivity index (χ3n) is 3.92. The molecule has 1 saturated heterocycles. The van der Waals surface area contributed by atoms with Crippen molar-refractivity contribution in [2.24, 2.45) is 0 Å². The second-order valence-corrected chi connectivity index (χ2v) is 7.42. The van der Waals surface area contributed by atoms with Gasteiger partial charge in [-0.1, -0.05) is 6.07 Å². The standard InChI is InChI=1S/C16H15F3N2O5S/c1-10-2-3-11-8-12(15(22)21-4-6-25-7-5-21)9-13(14(11)20-10)26-27(23,24)16(17,18)19/h2-3,8-9H,4-7H2,1H3. The highest BCUT2D eigenvalue weighted by Gasteiger charge is 2.49. The number of aromatic nitrogens is 1. The van der Waals surface area contributed by atoms with E-state index < -0.39 is 27.3 Å². The van der Waals surface area contributed by atoms with E-state index in [-0.39, 0.29) is 16.5 Å². The minimum absolute atomic E-state index is 0.00225. The number of hydrogen-bond donors (Lipinski definition) is 0. The van der Waals surface area contributed by atoms with Gasteiger partial charge in [-0.05, 0) is 25.1 Å². The number of carbonyl (C=O) groups excluding carboxylic acids is 1. The Kier molecular flexibility index (Phi) is 5.00. The summed E-state index contributed by atoms with van der Waals surface area (Å²) in [4.78, 5) is 18.2. The molecule has 1 aliphatic rings. The third kappa shape index (κ3) is 3.98. The molecule has 0 aliphatic carbocycles. The number of morpholine rings is 1. The van der Waals surface area contributed by atoms with Gasteiger partial charge in [0.25, 0.3) is 5.91 Å². The van der Waals surface area contributed by atoms with Crippen LogP contribution in [0.2, 0.25) is 0 Å². The van der Waals surface area contributed by atoms with Crippen LogP contribution in [-0.2, 0) is 14.9 Å². The van der Waals surface area contributed by atoms with Crippen LogP contribution in [0.5, 0.6) is 5.75 Å². The van der Waals surface area contributed by atoms with Gasteiger partial charge in [-0.15, -0.1) is 0 Å². The lowest BCUT2D eigenvalue weighted by atomic mass is 10.1. The Hall–Kier alpha value is -2.40. The van der Waals surface area contributed by atoms with Crippen LogP contribution in [0.3, 0.4) is 0 Å². The van der Waals surface area contributed by atoms with Gasteiger partial charge in [0.1, 0.15) is 5.52 Å². The Bertz CT molecular complexity index is 985. The summed E-state index contributed by atoms with van der Waals surface area (Å²) in [5.74, 6) is -1.11. The van der Waals surface area contributed by atoms with Gasteiger partial charge < -0.3 is 13.8 Å². The average Bonchev–Trinajstić information content (AvgIpc) is 2.61. The number of amides is 1. The van der Waals surface area contributed by atoms with E-state index in [1.807, 2.05) is 0 Å². The molecule has 3 rings (SSSR count). The van der Waals surface area contributed by atoms with E-state index in [0.29, 0.717) is 32.0 Å². The number of hydrogen-bond acceptors (Lipinski definition) is 6. The fourth-order valence-corrected chi connectivity index (χ4v) is 3.06. The van der Waals surface area contributed by atoms with Crippen molar-refractivity contribution in [3.63, 3.8) is 0 Å². The van der Waals surface area contributed by atoms with Crippen LogP contribution >= 0.6 is 0 Å². The number of nitrogens with zero attached hydrogens (tertiary/aromatic N) is 2. The van der Waals surface area contributed by atoms with E-state index in [1.165, 1.54) is 17.0 Å². The van der Waals surface area contributed by atoms with Gasteiger partial charge in [-0.2, -0.15) is 21.6 Å². The maximum Gasteiger partial charge on any atom is 0.534 e. The molecule has 1 aromatic heterocycles. The predicted molar refractivity (Wildman–Crippen MR) is 88.8 cm³/mol. The van der Waals surface area contributed by atoms with Gasteiger partial charge in [0, 0.05) is 29.7 Å². The number of pyridine rings is 1. The van der Waals surface area contributed by atoms with E-state index in [4.69, 9.17) is 4.74 Å². The fraction of sp³-hybridized carbons (Fsp3) is 0.375. The first-order valence-corrected chi connectivity index (χ1v) is 9.28. The molecular formula is C16H15F3N2O5S. The van der Waals surface area contributed by atoms with Crippen molar-refractivity contribution in [1.82, 2.24) is 9.88 Å². The molecule has 2 heterocycles. The van der Waals surface area contributed by atoms with Crippen LogP contribution in [0, 0.1) is 6.92 Å². The largest absolute Gasteiger partial charge is 0.534 e. The zero-order valence-corrected chi connectivity index (χ0v) is 14.9. The Labute approximate surface area is 152 Å². The van der Waals surface area contributed by atoms with Crippen LogP contribution in [0.4, 0.5) is 13.2 Å². The second-order valence-electron chi connectivity index (χ2n) is 5.89. The summed E-state index contributed by atoms with van der Waals surface area (Å²) >= 11 is 0. The molecule has 0 atom stereocenters. The lowest BCUT2D eigenvalue weighted by Gasteiger charge is -2.27. The molecular weight excluding hydrogens is 389 g/mol. The van der Waals surface area contributed by atoms with E-state index in [1.54, 1.807) is 13.0 Å². The molecule has 1 fully saturated rings. The SMILES string of the molecule is Cc1ccc2cc(C(=O)N3CCOCC3)cc(OS(=O)(=O)C(F)(F)F)c2n1. The highest BCUT2D eigenvalue weighted by atomic mass is 32.2. The summed E-state index contributed by atoms with van der Waals surface area (Å²) in [6.07, 6.45) is 0. The summed E-state index contributed by atoms with van der Waals surface area (Å²) < 4.78 is 70.5. The highest BCUT2D eigenvalue weighted by Crippen LogP contribution is 2.32. The lowest BCUT2D eigenvalue weighted by Crippen LogP contribution is -2.40. The average molecular weight is 404 g/mol. The molecule has 0 unspecified atom stereocenters. The monoisotopic (exact) mass is 404 g/mol. The van der Waals surface area contributed by atoms with Crippen molar-refractivity contribution in [3.05, 3.63) is 35.5 Å². The molecule has 1 aliphatic heterocycles. The van der Waals surface area contributed by atoms with Gasteiger partial charge in [0.15, 0.2) is 5.75 Å². The summed E-state index contributed by atoms with van der Waals surface area (Å²) in [7, 11) is -5.91. The molecule has 1 amide bonds. The van der Waals surface area contributed by atoms with Crippen LogP contribution in [0.15, 0.2) is 24.3 Å². The summed E-state index contributed by atoms with van der Waals surface area (Å²) in [5, 5.41) is 0.284. The molecule has 0 bridgehead atoms. The van der Waals surface area contributed by atoms with Crippen molar-refractivity contribution in [2.45, 2.75) is 12.4 Å². The minimum atomic E-state index is -5.91. The van der Waals surface area contributed by atoms with Crippen LogP contribution < -0.4 is 4.18 Å². The zero-order valence-electron chi connectivity index (χ0n) is 14.1. The van der Waals surface area contributed by atoms with Gasteiger partial charge in [-0.25, -0.2) is 4.98 Å². The van der Waals surface area contributed by atoms with Gasteiger partial charge in [0.05, 0.1) is 13.2 Å². The number of benzene rings is 1. The minimum Gasteiger partial charge on any atom is -0.378 e. The van der Waals surface area contributed by atoms with E-state index in [2.05, 4.69) is 9.17 Å². The molecule has 0 radical (unpaired) electrons. The van der Waals surface area contributed by atoms with Crippen LogP contribution in [0.25, 0.3) is 10.9 Å². The second kappa shape index (κ2) is 6.97. The quantitative estimate of drug-likeness (QED) is 0.576. The van der Waals surface area contributed by atoms with E-state index >= 15 is 0 Å². The molecule has 27 heavy (non-hydrogen) atoms. The Balaban J connectivity index is 2.09. The van der Waals surface area contributed by atoms with Gasteiger partial charge in [-0.3, -0.25) is 4.79 Å². The number of fused-ring (bicyclic) bond motifs is 1. The molecule has 0 saturated carbocycles. The Morgan fingerprint density at radius 2 is 1.89 bits per heavy atom. The lowest BCUT2D eigenvalue weighted by molar-refractivity contribution is -0.0499. The summed E-state index contributed by atoms with van der Waals surface area (Å²) in [5.41, 5.74) is -5.24. The third-order valence-corrected chi connectivity index (χ3v) is 4.89. The first-order chi connectivity index (χ1) is 12.6. The van der Waals surface area contributed by atoms with Crippen LogP contribution in [0.1, 0.15) is 16.1 Å². The van der Waals surface area contributed by atoms with Crippen molar-refractivity contribution in [1.29, 1.82) is 0 Å². The van der Waals surface area contributed by atoms with Crippen molar-refractivity contribution < 1.29 is 35.3 Å². The molecule has 146 valence electrons. The number of halogens is 3. The number of rotatable bonds is 3. The normalized spacial score (nSPS) is 15.8. The molecule has 11 heteroatoms. The Morgan fingerprint density at radius 3 is 2.52 bits per heavy atom. The molecule has 0 spiro atoms. The number of alkyl halides is 3. The molecule has 1 aromatic carbocycles. The number of ether oxygens (including phenoxy) is 1. The summed E-state index contributed by atoms with van der Waals surface area (Å²) in [6, 6.07) is 5.52. The van der Waals surface area contributed by atoms with Crippen molar-refractivity contribution >= 4 is 26.9 Å². The molecule has 0 N–H and O–H groups in total. The molecule has 7 nitrogen and oxygen atoms in total. The van der Waals surface area contributed by atoms with E-state index in [0.717, 1.165) is 6.07 Å². The van der Waals surface area contributed by atoms with Crippen molar-refractivity contribution in [2.75, 3.05) is 26.3 Å². The molecule has 2 aromatic rings. The van der Waals surface area contributed by atoms with E-state index in [9.17, 15) is 26.4 Å². The zero-order chi connectivity index (χ0) is 19.8. The van der Waals surface area contributed by atoms with Crippen LogP contribution in [-0.4, -0.2) is 56.0 Å². The predicted octanol–water partition coefficient (Wildman–Crippen LogP) is 2.24. The topological polar surface area (TPSA) is 85.8 Å².